The first-order valence-electron chi connectivity index (χ1n) is 10.7. The molecule has 2 heterocycles. The van der Waals surface area contributed by atoms with Gasteiger partial charge in [0.2, 0.25) is 0 Å². The minimum Gasteiger partial charge on any atom is -0.389 e. The summed E-state index contributed by atoms with van der Waals surface area (Å²) in [5, 5.41) is 4.65. The molecule has 0 spiro atoms. The number of pyridine rings is 2. The van der Waals surface area contributed by atoms with E-state index in [-0.39, 0.29) is 33.6 Å². The smallest absolute Gasteiger partial charge is 0.255 e. The monoisotopic (exact) mass is 528 g/mol. The van der Waals surface area contributed by atoms with Gasteiger partial charge >= 0.3 is 0 Å². The predicted octanol–water partition coefficient (Wildman–Crippen LogP) is 5.85. The van der Waals surface area contributed by atoms with Crippen LogP contribution in [0.5, 0.6) is 0 Å². The molecule has 0 saturated carbocycles. The van der Waals surface area contributed by atoms with Crippen LogP contribution in [0.25, 0.3) is 5.69 Å². The number of benzene rings is 2. The quantitative estimate of drug-likeness (QED) is 0.223. The van der Waals surface area contributed by atoms with E-state index in [2.05, 4.69) is 10.1 Å². The molecule has 0 bridgehead atoms. The van der Waals surface area contributed by atoms with Crippen LogP contribution in [0.2, 0.25) is 10.0 Å². The van der Waals surface area contributed by atoms with Crippen molar-refractivity contribution in [2.24, 2.45) is 5.16 Å². The average molecular weight is 529 g/mol. The van der Waals surface area contributed by atoms with E-state index >= 15 is 0 Å². The first-order valence-corrected chi connectivity index (χ1v) is 11.5. The number of nitrogens with zero attached hydrogens (tertiary/aromatic N) is 4. The van der Waals surface area contributed by atoms with Gasteiger partial charge in [0.15, 0.2) is 6.61 Å². The zero-order valence-corrected chi connectivity index (χ0v) is 20.8. The Labute approximate surface area is 216 Å². The van der Waals surface area contributed by atoms with E-state index in [9.17, 15) is 13.6 Å². The lowest BCUT2D eigenvalue weighted by molar-refractivity contribution is 0.128. The van der Waals surface area contributed by atoms with Crippen molar-refractivity contribution >= 4 is 34.7 Å². The predicted molar refractivity (Wildman–Crippen MR) is 137 cm³/mol. The normalized spacial score (nSPS) is 11.4. The number of rotatable bonds is 7. The molecule has 0 unspecified atom stereocenters. The van der Waals surface area contributed by atoms with E-state index in [4.69, 9.17) is 28.0 Å². The Morgan fingerprint density at radius 1 is 1.03 bits per heavy atom. The Morgan fingerprint density at radius 2 is 1.75 bits per heavy atom. The molecule has 2 aromatic carbocycles. The van der Waals surface area contributed by atoms with Gasteiger partial charge in [0, 0.05) is 43.6 Å². The number of halogens is 4. The molecule has 6 nitrogen and oxygen atoms in total. The van der Waals surface area contributed by atoms with Crippen molar-refractivity contribution in [1.29, 1.82) is 0 Å². The Balaban J connectivity index is 1.78. The number of oxime groups is 1. The van der Waals surface area contributed by atoms with E-state index in [0.717, 1.165) is 18.0 Å². The third-order valence-corrected chi connectivity index (χ3v) is 5.78. The molecule has 36 heavy (non-hydrogen) atoms. The largest absolute Gasteiger partial charge is 0.389 e. The van der Waals surface area contributed by atoms with Crippen molar-refractivity contribution in [3.05, 3.63) is 122 Å². The van der Waals surface area contributed by atoms with Crippen molar-refractivity contribution in [2.75, 3.05) is 19.0 Å². The second-order valence-electron chi connectivity index (χ2n) is 7.92. The third kappa shape index (κ3) is 5.56. The summed E-state index contributed by atoms with van der Waals surface area (Å²) < 4.78 is 29.7. The maximum absolute atomic E-state index is 14.8. The molecular weight excluding hydrogens is 509 g/mol. The third-order valence-electron chi connectivity index (χ3n) is 5.17. The minimum atomic E-state index is -0.849. The highest BCUT2D eigenvalue weighted by Crippen LogP contribution is 2.28. The molecular formula is C26H20Cl2F2N4O2. The SMILES string of the molecule is CN(C)c1cccc(CON=C(c2ccc(=O)n(-c3c(Cl)cccc3Cl)c2)c2ccc(F)cc2F)n1. The van der Waals surface area contributed by atoms with Gasteiger partial charge in [-0.1, -0.05) is 40.5 Å². The van der Waals surface area contributed by atoms with E-state index in [0.29, 0.717) is 11.3 Å². The first kappa shape index (κ1) is 25.3. The van der Waals surface area contributed by atoms with Gasteiger partial charge in [-0.15, -0.1) is 0 Å². The van der Waals surface area contributed by atoms with Crippen LogP contribution < -0.4 is 10.5 Å². The average Bonchev–Trinajstić information content (AvgIpc) is 2.84. The number of aromatic nitrogens is 2. The number of hydrogen-bond acceptors (Lipinski definition) is 5. The van der Waals surface area contributed by atoms with Crippen LogP contribution in [0, 0.1) is 11.6 Å². The zero-order valence-electron chi connectivity index (χ0n) is 19.3. The lowest BCUT2D eigenvalue weighted by atomic mass is 10.0. The van der Waals surface area contributed by atoms with Crippen LogP contribution in [0.4, 0.5) is 14.6 Å². The van der Waals surface area contributed by atoms with Gasteiger partial charge in [-0.05, 0) is 42.5 Å². The summed E-state index contributed by atoms with van der Waals surface area (Å²) in [4.78, 5) is 24.5. The van der Waals surface area contributed by atoms with Crippen LogP contribution in [0.3, 0.4) is 0 Å². The van der Waals surface area contributed by atoms with Crippen LogP contribution in [0.1, 0.15) is 16.8 Å². The number of hydrogen-bond donors (Lipinski definition) is 0. The van der Waals surface area contributed by atoms with Crippen LogP contribution >= 0.6 is 23.2 Å². The Hall–Kier alpha value is -3.75. The summed E-state index contributed by atoms with van der Waals surface area (Å²) in [6.07, 6.45) is 1.42. The van der Waals surface area contributed by atoms with Gasteiger partial charge in [0.1, 0.15) is 23.2 Å². The summed E-state index contributed by atoms with van der Waals surface area (Å²) in [6, 6.07) is 16.1. The summed E-state index contributed by atoms with van der Waals surface area (Å²) in [7, 11) is 3.72. The van der Waals surface area contributed by atoms with E-state index < -0.39 is 17.2 Å². The zero-order chi connectivity index (χ0) is 25.8. The fourth-order valence-electron chi connectivity index (χ4n) is 3.42. The second-order valence-corrected chi connectivity index (χ2v) is 8.73. The lowest BCUT2D eigenvalue weighted by Crippen LogP contribution is -2.20. The van der Waals surface area contributed by atoms with Gasteiger partial charge in [0.05, 0.1) is 21.4 Å². The maximum Gasteiger partial charge on any atom is 0.255 e. The molecule has 0 N–H and O–H groups in total. The molecule has 0 atom stereocenters. The summed E-state index contributed by atoms with van der Waals surface area (Å²) >= 11 is 12.6. The van der Waals surface area contributed by atoms with Crippen molar-refractivity contribution < 1.29 is 13.6 Å². The first-order chi connectivity index (χ1) is 17.2. The van der Waals surface area contributed by atoms with Crippen LogP contribution in [-0.2, 0) is 11.4 Å². The lowest BCUT2D eigenvalue weighted by Gasteiger charge is -2.14. The standard InChI is InChI=1S/C26H20Cl2F2N4O2/c1-33(2)23-8-3-5-18(31-23)15-36-32-25(19-11-10-17(29)13-22(19)30)16-9-12-24(35)34(14-16)26-20(27)6-4-7-21(26)28/h3-14H,15H2,1-2H3. The highest BCUT2D eigenvalue weighted by molar-refractivity contribution is 6.37. The molecule has 0 radical (unpaired) electrons. The van der Waals surface area contributed by atoms with E-state index in [1.54, 1.807) is 24.3 Å². The van der Waals surface area contributed by atoms with Crippen molar-refractivity contribution in [1.82, 2.24) is 9.55 Å². The molecule has 0 fully saturated rings. The topological polar surface area (TPSA) is 59.7 Å². The second kappa shape index (κ2) is 10.9. The molecule has 0 saturated heterocycles. The molecule has 4 rings (SSSR count). The van der Waals surface area contributed by atoms with Gasteiger partial charge in [0.25, 0.3) is 5.56 Å². The van der Waals surface area contributed by atoms with Crippen molar-refractivity contribution in [3.63, 3.8) is 0 Å². The highest BCUT2D eigenvalue weighted by Gasteiger charge is 2.17. The summed E-state index contributed by atoms with van der Waals surface area (Å²) in [6.45, 7) is -0.00995. The van der Waals surface area contributed by atoms with Gasteiger partial charge in [-0.3, -0.25) is 9.36 Å². The highest BCUT2D eigenvalue weighted by atomic mass is 35.5. The van der Waals surface area contributed by atoms with Crippen molar-refractivity contribution in [2.45, 2.75) is 6.61 Å². The number of anilines is 1. The van der Waals surface area contributed by atoms with Crippen LogP contribution in [-0.4, -0.2) is 29.4 Å². The molecule has 184 valence electrons. The molecule has 0 aliphatic heterocycles. The fourth-order valence-corrected chi connectivity index (χ4v) is 4.00. The van der Waals surface area contributed by atoms with E-state index in [1.165, 1.54) is 29.0 Å². The summed E-state index contributed by atoms with van der Waals surface area (Å²) in [5.41, 5.74) is 0.758. The molecule has 4 aromatic rings. The summed E-state index contributed by atoms with van der Waals surface area (Å²) in [5.74, 6) is -0.860. The minimum absolute atomic E-state index is 0.00995. The van der Waals surface area contributed by atoms with Gasteiger partial charge < -0.3 is 9.74 Å². The molecule has 0 aliphatic carbocycles. The molecule has 10 heteroatoms. The van der Waals surface area contributed by atoms with Gasteiger partial charge in [-0.2, -0.15) is 0 Å². The Kier molecular flexibility index (Phi) is 7.67. The molecule has 0 amide bonds. The maximum atomic E-state index is 14.8. The number of para-hydroxylation sites is 1. The van der Waals surface area contributed by atoms with Crippen LogP contribution in [0.15, 0.2) is 82.9 Å². The molecule has 0 aliphatic rings. The van der Waals surface area contributed by atoms with Gasteiger partial charge in [-0.25, -0.2) is 13.8 Å². The molecule has 2 aromatic heterocycles. The Bertz CT molecular complexity index is 1490. The van der Waals surface area contributed by atoms with Crippen molar-refractivity contribution in [3.8, 4) is 5.69 Å². The fraction of sp³-hybridized carbons (Fsp3) is 0.115. The Morgan fingerprint density at radius 3 is 2.44 bits per heavy atom. The van der Waals surface area contributed by atoms with E-state index in [1.807, 2.05) is 31.1 Å².